The molecule has 1 fully saturated rings. The molecule has 3 rings (SSSR count). The zero-order chi connectivity index (χ0) is 20.1. The van der Waals surface area contributed by atoms with E-state index in [1.54, 1.807) is 0 Å². The summed E-state index contributed by atoms with van der Waals surface area (Å²) in [6.45, 7) is 3.87. The predicted octanol–water partition coefficient (Wildman–Crippen LogP) is 3.26. The Hall–Kier alpha value is -2.64. The third-order valence-electron chi connectivity index (χ3n) is 4.44. The number of carbonyl (C=O) groups excluding carboxylic acids is 2. The molecule has 1 saturated heterocycles. The van der Waals surface area contributed by atoms with Gasteiger partial charge in [-0.2, -0.15) is 0 Å². The van der Waals surface area contributed by atoms with E-state index >= 15 is 0 Å². The minimum absolute atomic E-state index is 0.0486. The van der Waals surface area contributed by atoms with Gasteiger partial charge in [-0.15, -0.1) is 0 Å². The summed E-state index contributed by atoms with van der Waals surface area (Å²) in [7, 11) is 0. The second kappa shape index (κ2) is 9.03. The van der Waals surface area contributed by atoms with Crippen molar-refractivity contribution in [2.24, 2.45) is 4.99 Å². The Kier molecular flexibility index (Phi) is 6.49. The maximum Gasteiger partial charge on any atom is 0.242 e. The summed E-state index contributed by atoms with van der Waals surface area (Å²) in [4.78, 5) is 31.3. The Labute approximate surface area is 168 Å². The Bertz CT molecular complexity index is 879. The smallest absolute Gasteiger partial charge is 0.242 e. The van der Waals surface area contributed by atoms with Crippen LogP contribution in [0.5, 0.6) is 0 Å². The molecule has 2 amide bonds. The van der Waals surface area contributed by atoms with Crippen molar-refractivity contribution >= 4 is 40.1 Å². The third kappa shape index (κ3) is 4.61. The monoisotopic (exact) mass is 397 g/mol. The van der Waals surface area contributed by atoms with Crippen molar-refractivity contribution in [3.63, 3.8) is 0 Å². The molecule has 0 saturated carbocycles. The van der Waals surface area contributed by atoms with Crippen LogP contribution in [0.4, 0.5) is 11.4 Å². The third-order valence-corrected chi connectivity index (χ3v) is 5.62. The van der Waals surface area contributed by atoms with Crippen LogP contribution in [0.25, 0.3) is 0 Å². The van der Waals surface area contributed by atoms with E-state index in [9.17, 15) is 14.7 Å². The summed E-state index contributed by atoms with van der Waals surface area (Å²) in [5.74, 6) is -0.418. The molecule has 0 aliphatic carbocycles. The van der Waals surface area contributed by atoms with Crippen LogP contribution in [-0.2, 0) is 9.59 Å². The van der Waals surface area contributed by atoms with Crippen LogP contribution in [-0.4, -0.2) is 45.4 Å². The van der Waals surface area contributed by atoms with E-state index in [0.29, 0.717) is 5.17 Å². The Morgan fingerprint density at radius 3 is 2.46 bits per heavy atom. The normalized spacial score (nSPS) is 18.0. The van der Waals surface area contributed by atoms with Crippen molar-refractivity contribution in [3.8, 4) is 0 Å². The highest BCUT2D eigenvalue weighted by Crippen LogP contribution is 2.32. The van der Waals surface area contributed by atoms with Crippen LogP contribution in [0.2, 0.25) is 0 Å². The number of rotatable bonds is 6. The van der Waals surface area contributed by atoms with Gasteiger partial charge in [-0.1, -0.05) is 48.2 Å². The van der Waals surface area contributed by atoms with E-state index in [4.69, 9.17) is 0 Å². The highest BCUT2D eigenvalue weighted by atomic mass is 32.2. The topological polar surface area (TPSA) is 82.0 Å². The fourth-order valence-corrected chi connectivity index (χ4v) is 4.20. The first-order valence-corrected chi connectivity index (χ1v) is 9.96. The van der Waals surface area contributed by atoms with Gasteiger partial charge in [0, 0.05) is 12.1 Å². The molecule has 2 aromatic carbocycles. The number of para-hydroxylation sites is 2. The summed E-state index contributed by atoms with van der Waals surface area (Å²) >= 11 is 1.26. The average Bonchev–Trinajstić information content (AvgIpc) is 2.95. The predicted molar refractivity (Wildman–Crippen MR) is 113 cm³/mol. The summed E-state index contributed by atoms with van der Waals surface area (Å²) in [5, 5.41) is 12.2. The van der Waals surface area contributed by atoms with Gasteiger partial charge in [-0.25, -0.2) is 4.99 Å². The first-order valence-electron chi connectivity index (χ1n) is 9.08. The molecule has 2 N–H and O–H groups in total. The number of aliphatic hydroxyl groups is 1. The Morgan fingerprint density at radius 2 is 1.82 bits per heavy atom. The first-order chi connectivity index (χ1) is 13.5. The number of aryl methyl sites for hydroxylation is 2. The lowest BCUT2D eigenvalue weighted by atomic mass is 10.1. The lowest BCUT2D eigenvalue weighted by Crippen LogP contribution is -2.35. The highest BCUT2D eigenvalue weighted by Gasteiger charge is 2.38. The molecule has 0 spiro atoms. The summed E-state index contributed by atoms with van der Waals surface area (Å²) in [6.07, 6.45) is 0.0486. The zero-order valence-corrected chi connectivity index (χ0v) is 16.7. The summed E-state index contributed by atoms with van der Waals surface area (Å²) in [6, 6.07) is 15.1. The van der Waals surface area contributed by atoms with Gasteiger partial charge in [-0.3, -0.25) is 14.5 Å². The van der Waals surface area contributed by atoms with E-state index in [1.807, 2.05) is 62.4 Å². The highest BCUT2D eigenvalue weighted by molar-refractivity contribution is 8.15. The van der Waals surface area contributed by atoms with E-state index in [2.05, 4.69) is 10.3 Å². The SMILES string of the molecule is Cc1cccc(C)c1NC(=O)C[C@H]1SC(=Nc2ccccc2)N(CCO)C1=O. The van der Waals surface area contributed by atoms with E-state index in [-0.39, 0.29) is 31.4 Å². The van der Waals surface area contributed by atoms with Crippen molar-refractivity contribution < 1.29 is 14.7 Å². The largest absolute Gasteiger partial charge is 0.395 e. The molecule has 6 nitrogen and oxygen atoms in total. The molecule has 2 aromatic rings. The molecule has 28 heavy (non-hydrogen) atoms. The number of carbonyl (C=O) groups is 2. The van der Waals surface area contributed by atoms with Crippen LogP contribution in [0, 0.1) is 13.8 Å². The number of aliphatic imine (C=N–C) groups is 1. The minimum Gasteiger partial charge on any atom is -0.395 e. The number of hydrogen-bond acceptors (Lipinski definition) is 5. The van der Waals surface area contributed by atoms with Crippen LogP contribution >= 0.6 is 11.8 Å². The fourth-order valence-electron chi connectivity index (χ4n) is 3.01. The Balaban J connectivity index is 1.74. The van der Waals surface area contributed by atoms with Crippen molar-refractivity contribution in [1.82, 2.24) is 4.90 Å². The first kappa shape index (κ1) is 20.1. The Morgan fingerprint density at radius 1 is 1.14 bits per heavy atom. The van der Waals surface area contributed by atoms with Crippen molar-refractivity contribution in [2.75, 3.05) is 18.5 Å². The standard InChI is InChI=1S/C21H23N3O3S/c1-14-7-6-8-15(2)19(14)23-18(26)13-17-20(27)24(11-12-25)21(28-17)22-16-9-4-3-5-10-16/h3-10,17,25H,11-13H2,1-2H3,(H,23,26)/t17-/m1/s1. The molecule has 1 aliphatic rings. The van der Waals surface area contributed by atoms with Gasteiger partial charge in [0.05, 0.1) is 18.8 Å². The number of benzene rings is 2. The van der Waals surface area contributed by atoms with Crippen LogP contribution < -0.4 is 5.32 Å². The number of β-amino-alcohol motifs (C(OH)–C–C–N with tert-alkyl or cyclic N) is 1. The number of amidine groups is 1. The molecule has 146 valence electrons. The van der Waals surface area contributed by atoms with Gasteiger partial charge >= 0.3 is 0 Å². The molecule has 0 bridgehead atoms. The number of amides is 2. The molecule has 7 heteroatoms. The maximum atomic E-state index is 12.8. The second-order valence-electron chi connectivity index (χ2n) is 6.57. The molecule has 1 heterocycles. The van der Waals surface area contributed by atoms with Gasteiger partial charge < -0.3 is 10.4 Å². The molecule has 0 unspecified atom stereocenters. The van der Waals surface area contributed by atoms with E-state index in [1.165, 1.54) is 16.7 Å². The molecule has 1 aliphatic heterocycles. The van der Waals surface area contributed by atoms with Crippen molar-refractivity contribution in [3.05, 3.63) is 59.7 Å². The van der Waals surface area contributed by atoms with Crippen LogP contribution in [0.1, 0.15) is 17.5 Å². The van der Waals surface area contributed by atoms with Gasteiger partial charge in [-0.05, 0) is 37.1 Å². The molecular weight excluding hydrogens is 374 g/mol. The lowest BCUT2D eigenvalue weighted by molar-refractivity contribution is -0.128. The second-order valence-corrected chi connectivity index (χ2v) is 7.74. The quantitative estimate of drug-likeness (QED) is 0.784. The zero-order valence-electron chi connectivity index (χ0n) is 15.9. The number of nitrogens with one attached hydrogen (secondary N) is 1. The number of thioether (sulfide) groups is 1. The molecule has 1 atom stereocenters. The van der Waals surface area contributed by atoms with Gasteiger partial charge in [0.2, 0.25) is 11.8 Å². The van der Waals surface area contributed by atoms with Gasteiger partial charge in [0.1, 0.15) is 5.25 Å². The molecular formula is C21H23N3O3S. The van der Waals surface area contributed by atoms with Crippen molar-refractivity contribution in [1.29, 1.82) is 0 Å². The number of nitrogens with zero attached hydrogens (tertiary/aromatic N) is 2. The lowest BCUT2D eigenvalue weighted by Gasteiger charge is -2.15. The fraction of sp³-hybridized carbons (Fsp3) is 0.286. The van der Waals surface area contributed by atoms with Crippen molar-refractivity contribution in [2.45, 2.75) is 25.5 Å². The molecule has 0 aromatic heterocycles. The van der Waals surface area contributed by atoms with Gasteiger partial charge in [0.15, 0.2) is 5.17 Å². The number of anilines is 1. The van der Waals surface area contributed by atoms with E-state index < -0.39 is 5.25 Å². The molecule has 0 radical (unpaired) electrons. The van der Waals surface area contributed by atoms with E-state index in [0.717, 1.165) is 22.5 Å². The minimum atomic E-state index is -0.557. The summed E-state index contributed by atoms with van der Waals surface area (Å²) in [5.41, 5.74) is 3.47. The number of hydrogen-bond donors (Lipinski definition) is 2. The van der Waals surface area contributed by atoms with Crippen LogP contribution in [0.15, 0.2) is 53.5 Å². The summed E-state index contributed by atoms with van der Waals surface area (Å²) < 4.78 is 0. The van der Waals surface area contributed by atoms with Crippen LogP contribution in [0.3, 0.4) is 0 Å². The maximum absolute atomic E-state index is 12.8. The average molecular weight is 398 g/mol. The van der Waals surface area contributed by atoms with Gasteiger partial charge in [0.25, 0.3) is 0 Å². The number of aliphatic hydroxyl groups excluding tert-OH is 1.